The van der Waals surface area contributed by atoms with Crippen molar-refractivity contribution in [1.29, 1.82) is 0 Å². The molecule has 4 aromatic rings. The summed E-state index contributed by atoms with van der Waals surface area (Å²) in [4.78, 5) is 8.14. The van der Waals surface area contributed by atoms with E-state index in [1.54, 1.807) is 18.3 Å². The molecule has 32 heavy (non-hydrogen) atoms. The average molecular weight is 669 g/mol. The Bertz CT molecular complexity index is 1170. The number of hydrogen-bond acceptors (Lipinski definition) is 4. The zero-order chi connectivity index (χ0) is 23.8. The van der Waals surface area contributed by atoms with Gasteiger partial charge in [0, 0.05) is 54.0 Å². The van der Waals surface area contributed by atoms with Crippen molar-refractivity contribution >= 4 is 110 Å². The van der Waals surface area contributed by atoms with Gasteiger partial charge in [-0.3, -0.25) is 9.97 Å². The number of pyridine rings is 2. The number of halogens is 7. The molecule has 0 amide bonds. The first-order valence-electron chi connectivity index (χ1n) is 8.53. The van der Waals surface area contributed by atoms with Crippen LogP contribution in [0.2, 0.25) is 10.0 Å². The molecule has 0 saturated heterocycles. The summed E-state index contributed by atoms with van der Waals surface area (Å²) in [7, 11) is 7.36. The van der Waals surface area contributed by atoms with Gasteiger partial charge >= 0.3 is 0 Å². The molecule has 0 saturated carbocycles. The molecule has 0 atom stereocenters. The SMILES string of the molecule is Fc1cc(CCl)cc2cc(Cl)cnc12.O=S(Cl)Cl.OCc1cc(I)c2ncc(Cl)cc2c1. The van der Waals surface area contributed by atoms with Gasteiger partial charge < -0.3 is 5.11 Å². The monoisotopic (exact) mass is 666 g/mol. The number of hydrogen-bond donors (Lipinski definition) is 1. The second-order valence-corrected chi connectivity index (χ2v) is 10.9. The van der Waals surface area contributed by atoms with E-state index in [2.05, 4.69) is 53.9 Å². The van der Waals surface area contributed by atoms with Crippen molar-refractivity contribution in [2.24, 2.45) is 0 Å². The van der Waals surface area contributed by atoms with E-state index < -0.39 is 9.23 Å². The quantitative estimate of drug-likeness (QED) is 0.135. The molecular formula is C20H13Cl5FIN2O2S. The van der Waals surface area contributed by atoms with Crippen molar-refractivity contribution in [1.82, 2.24) is 9.97 Å². The Balaban J connectivity index is 0.000000195. The number of aromatic nitrogens is 2. The van der Waals surface area contributed by atoms with Gasteiger partial charge in [-0.05, 0) is 70.1 Å². The van der Waals surface area contributed by atoms with Crippen LogP contribution in [0.4, 0.5) is 4.39 Å². The third-order valence-corrected chi connectivity index (χ3v) is 5.41. The Morgan fingerprint density at radius 2 is 1.41 bits per heavy atom. The van der Waals surface area contributed by atoms with Gasteiger partial charge in [0.1, 0.15) is 11.3 Å². The summed E-state index contributed by atoms with van der Waals surface area (Å²) in [5.41, 5.74) is 2.85. The lowest BCUT2D eigenvalue weighted by atomic mass is 10.1. The normalized spacial score (nSPS) is 10.5. The summed E-state index contributed by atoms with van der Waals surface area (Å²) in [5.74, 6) is -0.0888. The lowest BCUT2D eigenvalue weighted by Crippen LogP contribution is -1.88. The highest BCUT2D eigenvalue weighted by molar-refractivity contribution is 14.1. The van der Waals surface area contributed by atoms with Crippen LogP contribution in [-0.4, -0.2) is 19.3 Å². The van der Waals surface area contributed by atoms with Crippen LogP contribution in [0, 0.1) is 9.39 Å². The lowest BCUT2D eigenvalue weighted by molar-refractivity contribution is 0.282. The Hall–Kier alpha value is -0.520. The van der Waals surface area contributed by atoms with Crippen molar-refractivity contribution in [3.63, 3.8) is 0 Å². The van der Waals surface area contributed by atoms with Crippen LogP contribution in [0.1, 0.15) is 11.1 Å². The number of aliphatic hydroxyl groups is 1. The van der Waals surface area contributed by atoms with E-state index in [0.29, 0.717) is 20.9 Å². The molecule has 12 heteroatoms. The second kappa shape index (κ2) is 13.4. The predicted molar refractivity (Wildman–Crippen MR) is 142 cm³/mol. The fourth-order valence-electron chi connectivity index (χ4n) is 2.64. The van der Waals surface area contributed by atoms with Crippen LogP contribution < -0.4 is 0 Å². The number of nitrogens with zero attached hydrogens (tertiary/aromatic N) is 2. The minimum Gasteiger partial charge on any atom is -0.392 e. The highest BCUT2D eigenvalue weighted by Crippen LogP contribution is 2.24. The molecule has 0 aliphatic heterocycles. The Morgan fingerprint density at radius 3 is 1.94 bits per heavy atom. The van der Waals surface area contributed by atoms with Crippen LogP contribution in [0.25, 0.3) is 21.8 Å². The van der Waals surface area contributed by atoms with Gasteiger partial charge in [-0.1, -0.05) is 23.2 Å². The average Bonchev–Trinajstić information content (AvgIpc) is 2.72. The summed E-state index contributed by atoms with van der Waals surface area (Å²) in [6, 6.07) is 10.5. The first-order chi connectivity index (χ1) is 15.1. The molecule has 170 valence electrons. The van der Waals surface area contributed by atoms with E-state index in [9.17, 15) is 4.39 Å². The Morgan fingerprint density at radius 1 is 0.906 bits per heavy atom. The second-order valence-electron chi connectivity index (χ2n) is 6.08. The molecule has 0 aliphatic carbocycles. The fourth-order valence-corrected chi connectivity index (χ4v) is 3.98. The molecule has 0 spiro atoms. The molecule has 0 aliphatic rings. The van der Waals surface area contributed by atoms with Crippen molar-refractivity contribution in [2.75, 3.05) is 0 Å². The molecule has 2 heterocycles. The van der Waals surface area contributed by atoms with E-state index in [4.69, 9.17) is 44.1 Å². The summed E-state index contributed by atoms with van der Waals surface area (Å²) in [5, 5.41) is 11.8. The molecule has 1 N–H and O–H groups in total. The highest BCUT2D eigenvalue weighted by atomic mass is 127. The van der Waals surface area contributed by atoms with Crippen LogP contribution in [0.3, 0.4) is 0 Å². The van der Waals surface area contributed by atoms with E-state index in [1.165, 1.54) is 12.3 Å². The maximum atomic E-state index is 13.4. The smallest absolute Gasteiger partial charge is 0.211 e. The van der Waals surface area contributed by atoms with Crippen molar-refractivity contribution in [3.05, 3.63) is 79.4 Å². The Kier molecular flexibility index (Phi) is 11.6. The number of rotatable bonds is 2. The van der Waals surface area contributed by atoms with Crippen LogP contribution >= 0.6 is 78.8 Å². The number of alkyl halides is 1. The molecule has 0 radical (unpaired) electrons. The van der Waals surface area contributed by atoms with E-state index in [-0.39, 0.29) is 18.3 Å². The van der Waals surface area contributed by atoms with Gasteiger partial charge in [0.15, 0.2) is 0 Å². The maximum Gasteiger partial charge on any atom is 0.211 e. The highest BCUT2D eigenvalue weighted by Gasteiger charge is 2.05. The molecule has 0 bridgehead atoms. The summed E-state index contributed by atoms with van der Waals surface area (Å²) >= 11 is 19.4. The molecular weight excluding hydrogens is 655 g/mol. The number of aliphatic hydroxyl groups excluding tert-OH is 1. The van der Waals surface area contributed by atoms with Gasteiger partial charge in [-0.25, -0.2) is 8.60 Å². The third-order valence-electron chi connectivity index (χ3n) is 3.86. The van der Waals surface area contributed by atoms with Crippen LogP contribution in [0.15, 0.2) is 48.8 Å². The minimum atomic E-state index is -1.67. The maximum absolute atomic E-state index is 13.4. The molecule has 4 nitrogen and oxygen atoms in total. The lowest BCUT2D eigenvalue weighted by Gasteiger charge is -2.03. The van der Waals surface area contributed by atoms with Gasteiger partial charge in [0.05, 0.1) is 22.2 Å². The van der Waals surface area contributed by atoms with E-state index >= 15 is 0 Å². The first-order valence-corrected chi connectivity index (χ1v) is 13.7. The molecule has 0 fully saturated rings. The number of benzene rings is 2. The topological polar surface area (TPSA) is 63.1 Å². The van der Waals surface area contributed by atoms with E-state index in [1.807, 2.05) is 18.2 Å². The summed E-state index contributed by atoms with van der Waals surface area (Å²) in [6.45, 7) is 0.0401. The van der Waals surface area contributed by atoms with Gasteiger partial charge in [0.2, 0.25) is 9.23 Å². The number of fused-ring (bicyclic) bond motifs is 2. The minimum absolute atomic E-state index is 0.0401. The van der Waals surface area contributed by atoms with Crippen LogP contribution in [0.5, 0.6) is 0 Å². The van der Waals surface area contributed by atoms with Crippen molar-refractivity contribution in [3.8, 4) is 0 Å². The predicted octanol–water partition coefficient (Wildman–Crippen LogP) is 7.79. The zero-order valence-corrected chi connectivity index (χ0v) is 22.6. The molecule has 4 rings (SSSR count). The van der Waals surface area contributed by atoms with E-state index in [0.717, 1.165) is 25.6 Å². The molecule has 0 unspecified atom stereocenters. The van der Waals surface area contributed by atoms with Gasteiger partial charge in [0.25, 0.3) is 0 Å². The summed E-state index contributed by atoms with van der Waals surface area (Å²) in [6.07, 6.45) is 3.05. The van der Waals surface area contributed by atoms with Gasteiger partial charge in [-0.15, -0.1) is 11.6 Å². The largest absolute Gasteiger partial charge is 0.392 e. The first kappa shape index (κ1) is 27.7. The fraction of sp³-hybridized carbons (Fsp3) is 0.100. The van der Waals surface area contributed by atoms with Crippen LogP contribution in [-0.2, 0) is 21.7 Å². The standard InChI is InChI=1S/C10H6Cl2FN.C10H7ClINO.Cl2OS/c11-4-6-1-7-3-8(12)5-14-10(7)9(13)2-6;11-8-3-7-1-6(5-14)2-9(12)10(7)13-4-8;1-4(2)3/h1-3,5H,4H2;1-4,14H,5H2;. The molecule has 2 aromatic carbocycles. The molecule has 2 aromatic heterocycles. The summed E-state index contributed by atoms with van der Waals surface area (Å²) < 4.78 is 23.5. The van der Waals surface area contributed by atoms with Crippen molar-refractivity contribution in [2.45, 2.75) is 12.5 Å². The Labute approximate surface area is 223 Å². The van der Waals surface area contributed by atoms with Crippen molar-refractivity contribution < 1.29 is 13.7 Å². The third kappa shape index (κ3) is 8.36. The zero-order valence-electron chi connectivity index (χ0n) is 15.8. The van der Waals surface area contributed by atoms with Gasteiger partial charge in [-0.2, -0.15) is 0 Å².